The van der Waals surface area contributed by atoms with Crippen molar-refractivity contribution in [3.63, 3.8) is 0 Å². The Bertz CT molecular complexity index is 2410. The number of allylic oxidation sites excluding steroid dienone is 2. The van der Waals surface area contributed by atoms with Gasteiger partial charge in [-0.05, 0) is 80.6 Å². The zero-order valence-corrected chi connectivity index (χ0v) is 24.8. The van der Waals surface area contributed by atoms with E-state index in [1.807, 2.05) is 49.6 Å². The summed E-state index contributed by atoms with van der Waals surface area (Å²) in [4.78, 5) is 4.83. The lowest BCUT2D eigenvalue weighted by molar-refractivity contribution is 1.14. The Hall–Kier alpha value is -5.19. The number of para-hydroxylation sites is 2. The molecule has 0 N–H and O–H groups in total. The molecule has 43 heavy (non-hydrogen) atoms. The lowest BCUT2D eigenvalue weighted by atomic mass is 10.1. The summed E-state index contributed by atoms with van der Waals surface area (Å²) < 4.78 is 7.34. The normalized spacial score (nSPS) is 11.9. The second-order valence-corrected chi connectivity index (χ2v) is 11.8. The molecule has 0 unspecified atom stereocenters. The van der Waals surface area contributed by atoms with Crippen LogP contribution in [0.5, 0.6) is 0 Å². The summed E-state index contributed by atoms with van der Waals surface area (Å²) in [6, 6.07) is 43.8. The van der Waals surface area contributed by atoms with Gasteiger partial charge < -0.3 is 9.13 Å². The summed E-state index contributed by atoms with van der Waals surface area (Å²) in [7, 11) is 0. The first kappa shape index (κ1) is 25.5. The highest BCUT2D eigenvalue weighted by molar-refractivity contribution is 7.25. The second-order valence-electron chi connectivity index (χ2n) is 10.7. The smallest absolute Gasteiger partial charge is 0.0963 e. The molecule has 4 heteroatoms. The molecule has 9 rings (SSSR count). The number of fused-ring (bicyclic) bond motifs is 9. The van der Waals surface area contributed by atoms with Gasteiger partial charge in [-0.3, -0.25) is 4.98 Å². The summed E-state index contributed by atoms with van der Waals surface area (Å²) in [5.74, 6) is 0. The molecule has 0 aliphatic rings. The van der Waals surface area contributed by atoms with Crippen LogP contribution in [0.2, 0.25) is 0 Å². The van der Waals surface area contributed by atoms with Gasteiger partial charge in [0, 0.05) is 53.9 Å². The third-order valence-corrected chi connectivity index (χ3v) is 9.43. The van der Waals surface area contributed by atoms with Crippen LogP contribution in [-0.2, 0) is 0 Å². The van der Waals surface area contributed by atoms with E-state index in [0.717, 1.165) is 22.4 Å². The van der Waals surface area contributed by atoms with Gasteiger partial charge in [-0.2, -0.15) is 0 Å². The van der Waals surface area contributed by atoms with Gasteiger partial charge in [0.2, 0.25) is 0 Å². The highest BCUT2D eigenvalue weighted by Crippen LogP contribution is 2.40. The summed E-state index contributed by atoms with van der Waals surface area (Å²) in [5, 5.41) is 6.35. The van der Waals surface area contributed by atoms with Crippen molar-refractivity contribution in [2.75, 3.05) is 0 Å². The first-order chi connectivity index (χ1) is 21.3. The van der Waals surface area contributed by atoms with Gasteiger partial charge in [-0.25, -0.2) is 0 Å². The van der Waals surface area contributed by atoms with E-state index in [2.05, 4.69) is 124 Å². The molecule has 0 spiro atoms. The summed E-state index contributed by atoms with van der Waals surface area (Å²) in [6.07, 6.45) is 5.90. The Balaban J connectivity index is 0.000000657. The first-order valence-electron chi connectivity index (χ1n) is 14.6. The molecular weight excluding hydrogens is 543 g/mol. The second kappa shape index (κ2) is 10.3. The van der Waals surface area contributed by atoms with Crippen molar-refractivity contribution in [1.29, 1.82) is 0 Å². The number of nitrogens with zero attached hydrogens (tertiary/aromatic N) is 3. The topological polar surface area (TPSA) is 22.8 Å². The zero-order valence-electron chi connectivity index (χ0n) is 24.0. The minimum Gasteiger partial charge on any atom is -0.309 e. The van der Waals surface area contributed by atoms with E-state index < -0.39 is 0 Å². The van der Waals surface area contributed by atoms with E-state index in [9.17, 15) is 0 Å². The largest absolute Gasteiger partial charge is 0.309 e. The van der Waals surface area contributed by atoms with Gasteiger partial charge >= 0.3 is 0 Å². The van der Waals surface area contributed by atoms with Crippen molar-refractivity contribution >= 4 is 75.3 Å². The van der Waals surface area contributed by atoms with Crippen molar-refractivity contribution in [2.45, 2.75) is 13.8 Å². The van der Waals surface area contributed by atoms with Gasteiger partial charge in [-0.1, -0.05) is 66.7 Å². The molecule has 206 valence electrons. The first-order valence-corrected chi connectivity index (χ1v) is 15.4. The van der Waals surface area contributed by atoms with Crippen molar-refractivity contribution in [3.05, 3.63) is 140 Å². The van der Waals surface area contributed by atoms with Crippen LogP contribution in [0.4, 0.5) is 0 Å². The van der Waals surface area contributed by atoms with Crippen molar-refractivity contribution in [1.82, 2.24) is 14.1 Å². The van der Waals surface area contributed by atoms with Crippen molar-refractivity contribution < 1.29 is 0 Å². The van der Waals surface area contributed by atoms with E-state index in [0.29, 0.717) is 0 Å². The van der Waals surface area contributed by atoms with Crippen LogP contribution in [0, 0.1) is 0 Å². The predicted octanol–water partition coefficient (Wildman–Crippen LogP) is 11.2. The average Bonchev–Trinajstić information content (AvgIpc) is 3.71. The van der Waals surface area contributed by atoms with Crippen LogP contribution in [0.1, 0.15) is 13.8 Å². The molecule has 0 fully saturated rings. The molecule has 4 aromatic heterocycles. The summed E-state index contributed by atoms with van der Waals surface area (Å²) in [6.45, 7) is 4.00. The molecule has 0 atom stereocenters. The van der Waals surface area contributed by atoms with Crippen LogP contribution in [0.3, 0.4) is 0 Å². The fraction of sp³-hybridized carbons (Fsp3) is 0.0513. The van der Waals surface area contributed by atoms with E-state index in [1.54, 1.807) is 0 Å². The highest BCUT2D eigenvalue weighted by atomic mass is 32.1. The maximum atomic E-state index is 4.83. The van der Waals surface area contributed by atoms with Crippen LogP contribution in [-0.4, -0.2) is 14.1 Å². The van der Waals surface area contributed by atoms with Crippen LogP contribution >= 0.6 is 11.3 Å². The van der Waals surface area contributed by atoms with Gasteiger partial charge in [0.1, 0.15) is 0 Å². The van der Waals surface area contributed by atoms with E-state index in [4.69, 9.17) is 4.98 Å². The predicted molar refractivity (Wildman–Crippen MR) is 186 cm³/mol. The Kier molecular flexibility index (Phi) is 6.09. The SMILES string of the molecule is C/C=C\C.c1ccc2c(c1)sc1cc3c(cc12)c1ncccc1n3-c1ccc(-n2c3ccccc3c3ccccc32)cc1. The monoisotopic (exact) mass is 571 g/mol. The molecule has 5 aromatic carbocycles. The fourth-order valence-corrected chi connectivity index (χ4v) is 7.40. The molecule has 0 aliphatic carbocycles. The molecule has 0 radical (unpaired) electrons. The number of hydrogen-bond acceptors (Lipinski definition) is 2. The standard InChI is InChI=1S/C35H21N3S.C4H8/c1-4-11-29-24(8-1)25-9-2-5-12-30(25)37(29)22-15-17-23(18-16-22)38-31-13-7-19-36-35(31)28-20-27-26-10-3-6-14-33(26)39-34(27)21-32(28)38;1-3-4-2/h1-21H;3-4H,1-2H3/b;4-3-. The minimum absolute atomic E-state index is 1.04. The molecule has 9 aromatic rings. The zero-order chi connectivity index (χ0) is 28.9. The Morgan fingerprint density at radius 3 is 1.70 bits per heavy atom. The van der Waals surface area contributed by atoms with Crippen molar-refractivity contribution in [3.8, 4) is 11.4 Å². The number of pyridine rings is 1. The maximum absolute atomic E-state index is 4.83. The Morgan fingerprint density at radius 2 is 1.05 bits per heavy atom. The molecule has 0 aliphatic heterocycles. The van der Waals surface area contributed by atoms with E-state index in [1.165, 1.54) is 52.9 Å². The number of thiophene rings is 1. The molecule has 3 nitrogen and oxygen atoms in total. The lowest BCUT2D eigenvalue weighted by Crippen LogP contribution is -1.97. The van der Waals surface area contributed by atoms with E-state index in [-0.39, 0.29) is 0 Å². The van der Waals surface area contributed by atoms with Crippen LogP contribution in [0.25, 0.3) is 75.3 Å². The third-order valence-electron chi connectivity index (χ3n) is 8.30. The molecule has 0 saturated carbocycles. The number of hydrogen-bond donors (Lipinski definition) is 0. The highest BCUT2D eigenvalue weighted by Gasteiger charge is 2.17. The van der Waals surface area contributed by atoms with Gasteiger partial charge in [0.15, 0.2) is 0 Å². The summed E-state index contributed by atoms with van der Waals surface area (Å²) >= 11 is 1.86. The maximum Gasteiger partial charge on any atom is 0.0963 e. The van der Waals surface area contributed by atoms with Gasteiger partial charge in [-0.15, -0.1) is 11.3 Å². The van der Waals surface area contributed by atoms with Gasteiger partial charge in [0.05, 0.1) is 27.6 Å². The lowest BCUT2D eigenvalue weighted by Gasteiger charge is -2.11. The van der Waals surface area contributed by atoms with Crippen LogP contribution in [0.15, 0.2) is 140 Å². The average molecular weight is 572 g/mol. The minimum atomic E-state index is 1.04. The fourth-order valence-electron chi connectivity index (χ4n) is 6.28. The third kappa shape index (κ3) is 3.98. The quantitative estimate of drug-likeness (QED) is 0.189. The number of rotatable bonds is 2. The number of benzene rings is 5. The molecule has 0 saturated heterocycles. The Labute approximate surface area is 253 Å². The summed E-state index contributed by atoms with van der Waals surface area (Å²) in [5.41, 5.74) is 8.08. The molecular formula is C39H29N3S. The van der Waals surface area contributed by atoms with E-state index >= 15 is 0 Å². The Morgan fingerprint density at radius 1 is 0.488 bits per heavy atom. The molecule has 4 heterocycles. The van der Waals surface area contributed by atoms with Crippen LogP contribution < -0.4 is 0 Å². The van der Waals surface area contributed by atoms with Crippen molar-refractivity contribution in [2.24, 2.45) is 0 Å². The molecule has 0 bridgehead atoms. The molecule has 0 amide bonds. The number of aromatic nitrogens is 3. The van der Waals surface area contributed by atoms with Gasteiger partial charge in [0.25, 0.3) is 0 Å².